The fraction of sp³-hybridized carbons (Fsp3) is 0.269. The van der Waals surface area contributed by atoms with Gasteiger partial charge in [-0.3, -0.25) is 9.69 Å². The molecule has 0 saturated carbocycles. The molecule has 1 N–H and O–H groups in total. The normalized spacial score (nSPS) is 13.8. The third kappa shape index (κ3) is 6.60. The summed E-state index contributed by atoms with van der Waals surface area (Å²) in [5, 5.41) is 3.30. The number of fused-ring (bicyclic) bond motifs is 1. The van der Waals surface area contributed by atoms with Crippen LogP contribution in [-0.4, -0.2) is 38.9 Å². The Bertz CT molecular complexity index is 1320. The number of ether oxygens (including phenoxy) is 1. The van der Waals surface area contributed by atoms with Crippen LogP contribution in [0.2, 0.25) is 0 Å². The lowest BCUT2D eigenvalue weighted by Crippen LogP contribution is -2.19. The van der Waals surface area contributed by atoms with E-state index < -0.39 is 11.7 Å². The van der Waals surface area contributed by atoms with Crippen molar-refractivity contribution in [2.45, 2.75) is 25.6 Å². The lowest BCUT2D eigenvalue weighted by molar-refractivity contribution is -0.137. The number of amides is 1. The first-order valence-electron chi connectivity index (χ1n) is 11.5. The Morgan fingerprint density at radius 1 is 1.06 bits per heavy atom. The Hall–Kier alpha value is -3.92. The van der Waals surface area contributed by atoms with Crippen molar-refractivity contribution in [2.75, 3.05) is 18.4 Å². The molecule has 1 aliphatic heterocycles. The van der Waals surface area contributed by atoms with Crippen LogP contribution in [0.4, 0.5) is 18.9 Å². The molecule has 2 aromatic carbocycles. The van der Waals surface area contributed by atoms with E-state index in [2.05, 4.69) is 36.9 Å². The number of anilines is 1. The SMILES string of the molecule is Cn1ccc2cc(Oc3cc(CN4CCCC4)ncn3)ccc21.O=CNc1cccc(C(F)(F)F)c1. The Balaban J connectivity index is 0.000000200. The van der Waals surface area contributed by atoms with E-state index >= 15 is 0 Å². The van der Waals surface area contributed by atoms with Gasteiger partial charge in [-0.15, -0.1) is 0 Å². The van der Waals surface area contributed by atoms with Crippen molar-refractivity contribution in [1.29, 1.82) is 0 Å². The monoisotopic (exact) mass is 497 g/mol. The molecule has 3 heterocycles. The minimum atomic E-state index is -4.37. The maximum atomic E-state index is 12.1. The fourth-order valence-electron chi connectivity index (χ4n) is 3.99. The summed E-state index contributed by atoms with van der Waals surface area (Å²) in [6, 6.07) is 14.5. The van der Waals surface area contributed by atoms with Gasteiger partial charge in [0.2, 0.25) is 12.3 Å². The molecular formula is C26H26F3N5O2. The summed E-state index contributed by atoms with van der Waals surface area (Å²) < 4.78 is 44.3. The summed E-state index contributed by atoms with van der Waals surface area (Å²) in [5.74, 6) is 1.40. The summed E-state index contributed by atoms with van der Waals surface area (Å²) in [6.45, 7) is 3.19. The molecule has 1 aliphatic rings. The zero-order valence-corrected chi connectivity index (χ0v) is 19.7. The van der Waals surface area contributed by atoms with Crippen molar-refractivity contribution in [3.05, 3.63) is 78.4 Å². The third-order valence-electron chi connectivity index (χ3n) is 5.78. The Kier molecular flexibility index (Phi) is 7.84. The minimum Gasteiger partial charge on any atom is -0.439 e. The maximum absolute atomic E-state index is 12.1. The number of nitrogens with one attached hydrogen (secondary N) is 1. The number of carbonyl (C=O) groups excluding carboxylic acids is 1. The number of halogens is 3. The van der Waals surface area contributed by atoms with Crippen molar-refractivity contribution < 1.29 is 22.7 Å². The molecule has 10 heteroatoms. The van der Waals surface area contributed by atoms with Gasteiger partial charge in [-0.25, -0.2) is 9.97 Å². The van der Waals surface area contributed by atoms with Gasteiger partial charge in [-0.1, -0.05) is 6.07 Å². The number of likely N-dealkylation sites (tertiary alicyclic amines) is 1. The molecule has 0 bridgehead atoms. The van der Waals surface area contributed by atoms with E-state index in [-0.39, 0.29) is 5.69 Å². The molecule has 4 aromatic rings. The van der Waals surface area contributed by atoms with Crippen LogP contribution < -0.4 is 10.1 Å². The summed E-state index contributed by atoms with van der Waals surface area (Å²) in [5.41, 5.74) is 1.55. The molecule has 1 saturated heterocycles. The first kappa shape index (κ1) is 25.2. The molecule has 0 spiro atoms. The quantitative estimate of drug-likeness (QED) is 0.350. The van der Waals surface area contributed by atoms with Crippen molar-refractivity contribution in [1.82, 2.24) is 19.4 Å². The molecule has 188 valence electrons. The van der Waals surface area contributed by atoms with Gasteiger partial charge in [0, 0.05) is 42.4 Å². The molecule has 1 amide bonds. The Morgan fingerprint density at radius 2 is 1.86 bits per heavy atom. The first-order valence-corrected chi connectivity index (χ1v) is 11.5. The van der Waals surface area contributed by atoms with Crippen molar-refractivity contribution in [3.63, 3.8) is 0 Å². The molecular weight excluding hydrogens is 471 g/mol. The van der Waals surface area contributed by atoms with Crippen molar-refractivity contribution in [2.24, 2.45) is 7.05 Å². The minimum absolute atomic E-state index is 0.129. The zero-order chi connectivity index (χ0) is 25.5. The van der Waals surface area contributed by atoms with Crippen LogP contribution in [0, 0.1) is 0 Å². The number of aromatic nitrogens is 3. The number of hydrogen-bond acceptors (Lipinski definition) is 5. The number of hydrogen-bond donors (Lipinski definition) is 1. The number of benzene rings is 2. The molecule has 0 aliphatic carbocycles. The summed E-state index contributed by atoms with van der Waals surface area (Å²) in [6.07, 6.45) is 2.15. The Morgan fingerprint density at radius 3 is 2.61 bits per heavy atom. The van der Waals surface area contributed by atoms with Crippen molar-refractivity contribution in [3.8, 4) is 11.6 Å². The van der Waals surface area contributed by atoms with Gasteiger partial charge in [0.1, 0.15) is 12.1 Å². The van der Waals surface area contributed by atoms with Gasteiger partial charge >= 0.3 is 6.18 Å². The number of alkyl halides is 3. The van der Waals surface area contributed by atoms with Gasteiger partial charge < -0.3 is 14.6 Å². The van der Waals surface area contributed by atoms with Crippen LogP contribution >= 0.6 is 0 Å². The standard InChI is InChI=1S/C18H20N4O.C8H6F3NO/c1-21-9-6-14-10-16(4-5-17(14)21)23-18-11-15(19-13-20-18)12-22-7-2-3-8-22;9-8(10,11)6-2-1-3-7(4-6)12-5-13/h4-6,9-11,13H,2-3,7-8,12H2,1H3;1-5H,(H,12,13). The van der Waals surface area contributed by atoms with Crippen LogP contribution in [0.3, 0.4) is 0 Å². The van der Waals surface area contributed by atoms with Crippen LogP contribution in [-0.2, 0) is 24.6 Å². The molecule has 5 rings (SSSR count). The molecule has 0 radical (unpaired) electrons. The summed E-state index contributed by atoms with van der Waals surface area (Å²) in [7, 11) is 2.04. The van der Waals surface area contributed by atoms with E-state index in [9.17, 15) is 18.0 Å². The van der Waals surface area contributed by atoms with E-state index in [4.69, 9.17) is 4.74 Å². The highest BCUT2D eigenvalue weighted by Crippen LogP contribution is 2.30. The average Bonchev–Trinajstić information content (AvgIpc) is 3.49. The number of nitrogens with zero attached hydrogens (tertiary/aromatic N) is 4. The lowest BCUT2D eigenvalue weighted by atomic mass is 10.2. The highest BCUT2D eigenvalue weighted by molar-refractivity contribution is 5.81. The fourth-order valence-corrected chi connectivity index (χ4v) is 3.99. The lowest BCUT2D eigenvalue weighted by Gasteiger charge is -2.14. The van der Waals surface area contributed by atoms with Gasteiger partial charge in [-0.05, 0) is 68.4 Å². The van der Waals surface area contributed by atoms with Gasteiger partial charge in [-0.2, -0.15) is 13.2 Å². The number of rotatable bonds is 6. The number of carbonyl (C=O) groups is 1. The van der Waals surface area contributed by atoms with E-state index in [0.29, 0.717) is 12.3 Å². The van der Waals surface area contributed by atoms with E-state index in [1.165, 1.54) is 30.5 Å². The van der Waals surface area contributed by atoms with Gasteiger partial charge in [0.15, 0.2) is 0 Å². The maximum Gasteiger partial charge on any atom is 0.416 e. The predicted molar refractivity (Wildman–Crippen MR) is 131 cm³/mol. The molecule has 36 heavy (non-hydrogen) atoms. The van der Waals surface area contributed by atoms with Crippen LogP contribution in [0.15, 0.2) is 67.1 Å². The third-order valence-corrected chi connectivity index (χ3v) is 5.78. The van der Waals surface area contributed by atoms with Crippen LogP contribution in [0.25, 0.3) is 10.9 Å². The average molecular weight is 498 g/mol. The van der Waals surface area contributed by atoms with E-state index in [0.717, 1.165) is 48.6 Å². The van der Waals surface area contributed by atoms with E-state index in [1.54, 1.807) is 6.33 Å². The molecule has 0 unspecified atom stereocenters. The second-order valence-electron chi connectivity index (χ2n) is 8.42. The molecule has 7 nitrogen and oxygen atoms in total. The topological polar surface area (TPSA) is 72.3 Å². The summed E-state index contributed by atoms with van der Waals surface area (Å²) in [4.78, 5) is 21.0. The number of aryl methyl sites for hydroxylation is 1. The highest BCUT2D eigenvalue weighted by atomic mass is 19.4. The zero-order valence-electron chi connectivity index (χ0n) is 19.7. The predicted octanol–water partition coefficient (Wildman–Crippen LogP) is 5.63. The molecule has 2 aromatic heterocycles. The molecule has 1 fully saturated rings. The van der Waals surface area contributed by atoms with E-state index in [1.807, 2.05) is 31.4 Å². The second kappa shape index (κ2) is 11.2. The second-order valence-corrected chi connectivity index (χ2v) is 8.42. The van der Waals surface area contributed by atoms with Crippen LogP contribution in [0.5, 0.6) is 11.6 Å². The Labute approximate surface area is 206 Å². The smallest absolute Gasteiger partial charge is 0.416 e. The van der Waals surface area contributed by atoms with Gasteiger partial charge in [0.05, 0.1) is 11.3 Å². The van der Waals surface area contributed by atoms with Crippen LogP contribution in [0.1, 0.15) is 24.1 Å². The highest BCUT2D eigenvalue weighted by Gasteiger charge is 2.30. The molecule has 0 atom stereocenters. The van der Waals surface area contributed by atoms with Crippen molar-refractivity contribution >= 4 is 23.0 Å². The summed E-state index contributed by atoms with van der Waals surface area (Å²) >= 11 is 0. The largest absolute Gasteiger partial charge is 0.439 e. The van der Waals surface area contributed by atoms with Gasteiger partial charge in [0.25, 0.3) is 0 Å². The first-order chi connectivity index (χ1) is 17.3.